The average Bonchev–Trinajstić information content (AvgIpc) is 2.83. The van der Waals surface area contributed by atoms with Crippen molar-refractivity contribution in [3.05, 3.63) is 82.7 Å². The van der Waals surface area contributed by atoms with Gasteiger partial charge < -0.3 is 18.6 Å². The zero-order valence-electron chi connectivity index (χ0n) is 20.0. The number of ether oxygens (including phenoxy) is 3. The van der Waals surface area contributed by atoms with Crippen LogP contribution in [-0.2, 0) is 4.74 Å². The van der Waals surface area contributed by atoms with Crippen molar-refractivity contribution in [3.8, 4) is 22.8 Å². The van der Waals surface area contributed by atoms with Gasteiger partial charge in [0.05, 0.1) is 37.4 Å². The van der Waals surface area contributed by atoms with Gasteiger partial charge in [-0.25, -0.2) is 9.79 Å². The van der Waals surface area contributed by atoms with E-state index in [1.807, 2.05) is 56.3 Å². The molecule has 6 heteroatoms. The lowest BCUT2D eigenvalue weighted by atomic mass is 10.0. The van der Waals surface area contributed by atoms with E-state index in [2.05, 4.69) is 6.07 Å². The number of hydrogen-bond acceptors (Lipinski definition) is 6. The third-order valence-electron chi connectivity index (χ3n) is 5.48. The third kappa shape index (κ3) is 4.66. The minimum atomic E-state index is -0.347. The van der Waals surface area contributed by atoms with Crippen molar-refractivity contribution in [2.75, 3.05) is 20.8 Å². The number of nitrogens with zero attached hydrogens (tertiary/aromatic N) is 1. The molecule has 3 aromatic carbocycles. The van der Waals surface area contributed by atoms with Crippen LogP contribution in [0.1, 0.15) is 28.4 Å². The van der Waals surface area contributed by atoms with Crippen LogP contribution < -0.4 is 14.8 Å². The molecule has 174 valence electrons. The van der Waals surface area contributed by atoms with Crippen LogP contribution in [-0.4, -0.2) is 26.8 Å². The van der Waals surface area contributed by atoms with E-state index in [0.29, 0.717) is 29.4 Å². The maximum Gasteiger partial charge on any atom is 0.338 e. The SMILES string of the molecule is CCOC(=O)c1ccc(N=c2cc(-c3ccc(OC)c(OC)c3)oc3cc(C)cc(C)c23)cc1. The van der Waals surface area contributed by atoms with E-state index >= 15 is 0 Å². The Morgan fingerprint density at radius 3 is 2.32 bits per heavy atom. The summed E-state index contributed by atoms with van der Waals surface area (Å²) in [5.74, 6) is 1.56. The Bertz CT molecular complexity index is 1420. The first kappa shape index (κ1) is 23.1. The number of carbonyl (C=O) groups excluding carboxylic acids is 1. The Balaban J connectivity index is 1.90. The van der Waals surface area contributed by atoms with Gasteiger partial charge in [-0.3, -0.25) is 0 Å². The smallest absolute Gasteiger partial charge is 0.338 e. The largest absolute Gasteiger partial charge is 0.493 e. The molecule has 34 heavy (non-hydrogen) atoms. The molecule has 0 fully saturated rings. The van der Waals surface area contributed by atoms with Gasteiger partial charge in [0.15, 0.2) is 11.5 Å². The summed E-state index contributed by atoms with van der Waals surface area (Å²) < 4.78 is 22.2. The predicted molar refractivity (Wildman–Crippen MR) is 132 cm³/mol. The lowest BCUT2D eigenvalue weighted by molar-refractivity contribution is 0.0526. The molecule has 0 amide bonds. The highest BCUT2D eigenvalue weighted by Gasteiger charge is 2.12. The summed E-state index contributed by atoms with van der Waals surface area (Å²) in [7, 11) is 3.21. The first-order chi connectivity index (χ1) is 16.4. The van der Waals surface area contributed by atoms with Crippen LogP contribution in [0.4, 0.5) is 5.69 Å². The van der Waals surface area contributed by atoms with E-state index in [-0.39, 0.29) is 5.97 Å². The molecule has 4 aromatic rings. The predicted octanol–water partition coefficient (Wildman–Crippen LogP) is 6.14. The van der Waals surface area contributed by atoms with Gasteiger partial charge in [0.25, 0.3) is 0 Å². The topological polar surface area (TPSA) is 70.3 Å². The first-order valence-electron chi connectivity index (χ1n) is 11.0. The standard InChI is InChI=1S/C28H27NO5/c1-6-33-28(30)19-7-10-21(11-8-19)29-22-16-24(20-9-12-23(31-4)25(15-20)32-5)34-26-14-17(2)13-18(3)27(22)26/h7-16H,6H2,1-5H3. The van der Waals surface area contributed by atoms with Gasteiger partial charge in [0, 0.05) is 17.0 Å². The fourth-order valence-corrected chi connectivity index (χ4v) is 3.93. The average molecular weight is 458 g/mol. The van der Waals surface area contributed by atoms with Crippen LogP contribution in [0.3, 0.4) is 0 Å². The molecule has 0 bridgehead atoms. The van der Waals surface area contributed by atoms with Crippen LogP contribution in [0.25, 0.3) is 22.3 Å². The molecule has 0 aliphatic rings. The van der Waals surface area contributed by atoms with Crippen molar-refractivity contribution >= 4 is 22.6 Å². The molecule has 1 heterocycles. The lowest BCUT2D eigenvalue weighted by Crippen LogP contribution is -2.06. The van der Waals surface area contributed by atoms with Gasteiger partial charge in [-0.2, -0.15) is 0 Å². The molecule has 1 aromatic heterocycles. The molecular formula is C28H27NO5. The van der Waals surface area contributed by atoms with E-state index < -0.39 is 0 Å². The Morgan fingerprint density at radius 1 is 0.912 bits per heavy atom. The summed E-state index contributed by atoms with van der Waals surface area (Å²) >= 11 is 0. The van der Waals surface area contributed by atoms with Crippen molar-refractivity contribution < 1.29 is 23.4 Å². The van der Waals surface area contributed by atoms with Crippen molar-refractivity contribution in [1.29, 1.82) is 0 Å². The minimum Gasteiger partial charge on any atom is -0.493 e. The van der Waals surface area contributed by atoms with E-state index in [4.69, 9.17) is 23.6 Å². The van der Waals surface area contributed by atoms with Crippen LogP contribution >= 0.6 is 0 Å². The molecule has 0 aliphatic carbocycles. The van der Waals surface area contributed by atoms with Crippen LogP contribution in [0.15, 0.2) is 70.1 Å². The summed E-state index contributed by atoms with van der Waals surface area (Å²) in [6.45, 7) is 6.20. The maximum absolute atomic E-state index is 12.0. The quantitative estimate of drug-likeness (QED) is 0.325. The molecule has 0 saturated heterocycles. The van der Waals surface area contributed by atoms with Gasteiger partial charge >= 0.3 is 5.97 Å². The number of fused-ring (bicyclic) bond motifs is 1. The van der Waals surface area contributed by atoms with Gasteiger partial charge in [-0.1, -0.05) is 6.07 Å². The van der Waals surface area contributed by atoms with Gasteiger partial charge in [0.2, 0.25) is 0 Å². The summed E-state index contributed by atoms with van der Waals surface area (Å²) in [4.78, 5) is 16.9. The van der Waals surface area contributed by atoms with E-state index in [9.17, 15) is 4.79 Å². The summed E-state index contributed by atoms with van der Waals surface area (Å²) in [6, 6.07) is 18.7. The van der Waals surface area contributed by atoms with Gasteiger partial charge in [-0.15, -0.1) is 0 Å². The fraction of sp³-hybridized carbons (Fsp3) is 0.214. The van der Waals surface area contributed by atoms with Crippen molar-refractivity contribution in [2.24, 2.45) is 4.99 Å². The number of benzene rings is 3. The lowest BCUT2D eigenvalue weighted by Gasteiger charge is -2.11. The molecule has 6 nitrogen and oxygen atoms in total. The summed E-state index contributed by atoms with van der Waals surface area (Å²) in [5.41, 5.74) is 4.97. The number of rotatable bonds is 6. The Morgan fingerprint density at radius 2 is 1.65 bits per heavy atom. The van der Waals surface area contributed by atoms with E-state index in [0.717, 1.165) is 38.7 Å². The fourth-order valence-electron chi connectivity index (χ4n) is 3.93. The highest BCUT2D eigenvalue weighted by atomic mass is 16.5. The number of hydrogen-bond donors (Lipinski definition) is 0. The Labute approximate surface area is 198 Å². The summed E-state index contributed by atoms with van der Waals surface area (Å²) in [5, 5.41) is 1.71. The van der Waals surface area contributed by atoms with E-state index in [1.165, 1.54) is 0 Å². The number of esters is 1. The van der Waals surface area contributed by atoms with Crippen molar-refractivity contribution in [1.82, 2.24) is 0 Å². The van der Waals surface area contributed by atoms with Crippen LogP contribution in [0.5, 0.6) is 11.5 Å². The van der Waals surface area contributed by atoms with Crippen LogP contribution in [0, 0.1) is 13.8 Å². The molecule has 0 spiro atoms. The highest BCUT2D eigenvalue weighted by Crippen LogP contribution is 2.33. The van der Waals surface area contributed by atoms with Gasteiger partial charge in [-0.05, 0) is 80.4 Å². The Kier molecular flexibility index (Phi) is 6.68. The molecule has 0 atom stereocenters. The normalized spacial score (nSPS) is 11.5. The number of carbonyl (C=O) groups is 1. The highest BCUT2D eigenvalue weighted by molar-refractivity contribution is 5.89. The first-order valence-corrected chi connectivity index (χ1v) is 11.0. The minimum absolute atomic E-state index is 0.335. The second-order valence-electron chi connectivity index (χ2n) is 7.90. The van der Waals surface area contributed by atoms with Crippen molar-refractivity contribution in [3.63, 3.8) is 0 Å². The van der Waals surface area contributed by atoms with E-state index in [1.54, 1.807) is 33.3 Å². The molecule has 0 saturated carbocycles. The summed E-state index contributed by atoms with van der Waals surface area (Å²) in [6.07, 6.45) is 0. The zero-order valence-corrected chi connectivity index (χ0v) is 20.0. The van der Waals surface area contributed by atoms with Crippen molar-refractivity contribution in [2.45, 2.75) is 20.8 Å². The Hall–Kier alpha value is -4.06. The molecule has 0 unspecified atom stereocenters. The molecule has 4 rings (SSSR count). The zero-order chi connectivity index (χ0) is 24.2. The van der Waals surface area contributed by atoms with Gasteiger partial charge in [0.1, 0.15) is 11.3 Å². The molecular weight excluding hydrogens is 430 g/mol. The monoisotopic (exact) mass is 457 g/mol. The third-order valence-corrected chi connectivity index (χ3v) is 5.48. The number of aryl methyl sites for hydroxylation is 2. The van der Waals surface area contributed by atoms with Crippen LogP contribution in [0.2, 0.25) is 0 Å². The molecule has 0 aliphatic heterocycles. The second kappa shape index (κ2) is 9.83. The maximum atomic E-state index is 12.0. The molecule has 0 N–H and O–H groups in total. The number of methoxy groups -OCH3 is 2. The molecule has 0 radical (unpaired) electrons. The second-order valence-corrected chi connectivity index (χ2v) is 7.90.